The fourth-order valence-corrected chi connectivity index (χ4v) is 4.58. The predicted octanol–water partition coefficient (Wildman–Crippen LogP) is 0.945. The van der Waals surface area contributed by atoms with Gasteiger partial charge in [-0.3, -0.25) is 4.99 Å². The molecule has 2 aliphatic rings. The Morgan fingerprint density at radius 2 is 1.73 bits per heavy atom. The van der Waals surface area contributed by atoms with E-state index in [4.69, 9.17) is 0 Å². The van der Waals surface area contributed by atoms with E-state index in [0.717, 1.165) is 50.8 Å². The van der Waals surface area contributed by atoms with Crippen LogP contribution in [0.3, 0.4) is 0 Å². The van der Waals surface area contributed by atoms with Crippen LogP contribution in [-0.4, -0.2) is 82.7 Å². The summed E-state index contributed by atoms with van der Waals surface area (Å²) in [6, 6.07) is 0. The van der Waals surface area contributed by atoms with E-state index in [1.54, 1.807) is 11.4 Å². The average Bonchev–Trinajstić information content (AvgIpc) is 2.62. The summed E-state index contributed by atoms with van der Waals surface area (Å²) in [4.78, 5) is 6.86. The second-order valence-corrected chi connectivity index (χ2v) is 9.85. The van der Waals surface area contributed by atoms with Crippen LogP contribution in [0.5, 0.6) is 0 Å². The third-order valence-electron chi connectivity index (χ3n) is 5.64. The lowest BCUT2D eigenvalue weighted by Gasteiger charge is -2.31. The van der Waals surface area contributed by atoms with Gasteiger partial charge in [-0.15, -0.1) is 0 Å². The molecule has 0 aromatic heterocycles. The summed E-state index contributed by atoms with van der Waals surface area (Å²) in [6.07, 6.45) is 6.89. The number of nitrogens with zero attached hydrogens (tertiary/aromatic N) is 3. The molecule has 2 rings (SSSR count). The summed E-state index contributed by atoms with van der Waals surface area (Å²) < 4.78 is 24.7. The number of hydrogen-bond acceptors (Lipinski definition) is 4. The van der Waals surface area contributed by atoms with Gasteiger partial charge in [0.15, 0.2) is 5.96 Å². The van der Waals surface area contributed by atoms with Gasteiger partial charge in [-0.2, -0.15) is 0 Å². The van der Waals surface area contributed by atoms with Gasteiger partial charge in [-0.25, -0.2) is 12.7 Å². The molecule has 8 heteroatoms. The second-order valence-electron chi connectivity index (χ2n) is 7.86. The highest BCUT2D eigenvalue weighted by Crippen LogP contribution is 2.18. The number of nitrogens with one attached hydrogen (secondary N) is 2. The molecule has 2 fully saturated rings. The minimum Gasteiger partial charge on any atom is -0.356 e. The van der Waals surface area contributed by atoms with Crippen molar-refractivity contribution in [3.8, 4) is 0 Å². The maximum atomic E-state index is 11.6. The van der Waals surface area contributed by atoms with Gasteiger partial charge in [0.1, 0.15) is 0 Å². The number of piperidine rings is 2. The first kappa shape index (κ1) is 21.4. The van der Waals surface area contributed by atoms with E-state index in [1.165, 1.54) is 32.2 Å². The fraction of sp³-hybridized carbons (Fsp3) is 0.944. The Bertz CT molecular complexity index is 536. The summed E-state index contributed by atoms with van der Waals surface area (Å²) in [5, 5.41) is 6.79. The largest absolute Gasteiger partial charge is 0.356 e. The molecule has 2 heterocycles. The molecule has 0 aromatic carbocycles. The van der Waals surface area contributed by atoms with Crippen molar-refractivity contribution in [3.05, 3.63) is 0 Å². The molecule has 152 valence electrons. The minimum atomic E-state index is -3.04. The number of sulfonamides is 1. The average molecular weight is 388 g/mol. The van der Waals surface area contributed by atoms with Crippen molar-refractivity contribution in [3.63, 3.8) is 0 Å². The first-order valence-corrected chi connectivity index (χ1v) is 11.9. The minimum absolute atomic E-state index is 0.502. The lowest BCUT2D eigenvalue weighted by atomic mass is 9.98. The molecule has 0 saturated carbocycles. The third-order valence-corrected chi connectivity index (χ3v) is 6.95. The number of rotatable bonds is 7. The predicted molar refractivity (Wildman–Crippen MR) is 108 cm³/mol. The molecule has 0 atom stereocenters. The molecule has 0 bridgehead atoms. The van der Waals surface area contributed by atoms with E-state index in [1.807, 2.05) is 0 Å². The van der Waals surface area contributed by atoms with Gasteiger partial charge in [0.25, 0.3) is 0 Å². The molecule has 2 saturated heterocycles. The van der Waals surface area contributed by atoms with Crippen molar-refractivity contribution in [2.75, 3.05) is 59.1 Å². The van der Waals surface area contributed by atoms with Crippen LogP contribution in [0.15, 0.2) is 4.99 Å². The molecular weight excluding hydrogens is 350 g/mol. The van der Waals surface area contributed by atoms with Gasteiger partial charge in [0.05, 0.1) is 6.26 Å². The maximum Gasteiger partial charge on any atom is 0.211 e. The van der Waals surface area contributed by atoms with Crippen molar-refractivity contribution in [1.82, 2.24) is 19.8 Å². The van der Waals surface area contributed by atoms with Crippen LogP contribution in [0.4, 0.5) is 0 Å². The van der Waals surface area contributed by atoms with E-state index >= 15 is 0 Å². The van der Waals surface area contributed by atoms with Crippen molar-refractivity contribution in [2.24, 2.45) is 16.8 Å². The molecule has 0 unspecified atom stereocenters. The SMILES string of the molecule is CN=C(NCCCN1CCC(C)CC1)NCC1CCN(S(C)(=O)=O)CC1. The molecule has 0 aromatic rings. The molecule has 26 heavy (non-hydrogen) atoms. The van der Waals surface area contributed by atoms with Crippen LogP contribution < -0.4 is 10.6 Å². The second kappa shape index (κ2) is 10.5. The first-order valence-electron chi connectivity index (χ1n) is 10.0. The van der Waals surface area contributed by atoms with E-state index in [-0.39, 0.29) is 0 Å². The molecule has 7 nitrogen and oxygen atoms in total. The van der Waals surface area contributed by atoms with Crippen LogP contribution in [0.1, 0.15) is 39.0 Å². The van der Waals surface area contributed by atoms with Gasteiger partial charge in [0.2, 0.25) is 10.0 Å². The Kier molecular flexibility index (Phi) is 8.63. The maximum absolute atomic E-state index is 11.6. The van der Waals surface area contributed by atoms with Gasteiger partial charge >= 0.3 is 0 Å². The summed E-state index contributed by atoms with van der Waals surface area (Å²) in [5.41, 5.74) is 0. The van der Waals surface area contributed by atoms with Gasteiger partial charge in [-0.1, -0.05) is 6.92 Å². The zero-order valence-electron chi connectivity index (χ0n) is 16.7. The van der Waals surface area contributed by atoms with Crippen LogP contribution in [0.2, 0.25) is 0 Å². The Hall–Kier alpha value is -0.860. The van der Waals surface area contributed by atoms with Gasteiger partial charge < -0.3 is 15.5 Å². The summed E-state index contributed by atoms with van der Waals surface area (Å²) in [6.45, 7) is 9.01. The highest BCUT2D eigenvalue weighted by Gasteiger charge is 2.24. The summed E-state index contributed by atoms with van der Waals surface area (Å²) >= 11 is 0. The van der Waals surface area contributed by atoms with E-state index in [9.17, 15) is 8.42 Å². The monoisotopic (exact) mass is 387 g/mol. The molecule has 2 N–H and O–H groups in total. The van der Waals surface area contributed by atoms with Gasteiger partial charge in [0, 0.05) is 33.2 Å². The molecule has 0 amide bonds. The van der Waals surface area contributed by atoms with Crippen LogP contribution >= 0.6 is 0 Å². The van der Waals surface area contributed by atoms with E-state index in [2.05, 4.69) is 27.4 Å². The Morgan fingerprint density at radius 1 is 1.08 bits per heavy atom. The normalized spacial score (nSPS) is 22.5. The van der Waals surface area contributed by atoms with Crippen LogP contribution in [-0.2, 0) is 10.0 Å². The summed E-state index contributed by atoms with van der Waals surface area (Å²) in [5.74, 6) is 2.24. The van der Waals surface area contributed by atoms with E-state index in [0.29, 0.717) is 19.0 Å². The number of hydrogen-bond donors (Lipinski definition) is 2. The zero-order valence-corrected chi connectivity index (χ0v) is 17.5. The lowest BCUT2D eigenvalue weighted by Crippen LogP contribution is -2.44. The first-order chi connectivity index (χ1) is 12.4. The Balaban J connectivity index is 1.57. The van der Waals surface area contributed by atoms with Gasteiger partial charge in [-0.05, 0) is 63.6 Å². The van der Waals surface area contributed by atoms with E-state index < -0.39 is 10.0 Å². The van der Waals surface area contributed by atoms with Crippen molar-refractivity contribution in [2.45, 2.75) is 39.0 Å². The number of guanidine groups is 1. The van der Waals surface area contributed by atoms with Crippen molar-refractivity contribution >= 4 is 16.0 Å². The topological polar surface area (TPSA) is 77.0 Å². The number of aliphatic imine (C=N–C) groups is 1. The Labute approximate surface area is 159 Å². The molecule has 0 radical (unpaired) electrons. The molecule has 0 aliphatic carbocycles. The molecular formula is C18H37N5O2S. The smallest absolute Gasteiger partial charge is 0.211 e. The lowest BCUT2D eigenvalue weighted by molar-refractivity contribution is 0.191. The highest BCUT2D eigenvalue weighted by molar-refractivity contribution is 7.88. The standard InChI is InChI=1S/C18H37N5O2S/c1-16-5-11-22(12-6-16)10-4-9-20-18(19-2)21-15-17-7-13-23(14-8-17)26(3,24)25/h16-17H,4-15H2,1-3H3,(H2,19,20,21). The summed E-state index contributed by atoms with van der Waals surface area (Å²) in [7, 11) is -1.24. The van der Waals surface area contributed by atoms with Crippen molar-refractivity contribution < 1.29 is 8.42 Å². The zero-order chi connectivity index (χ0) is 19.0. The Morgan fingerprint density at radius 3 is 2.31 bits per heavy atom. The quantitative estimate of drug-likeness (QED) is 0.386. The van der Waals surface area contributed by atoms with Crippen LogP contribution in [0.25, 0.3) is 0 Å². The third kappa shape index (κ3) is 7.40. The van der Waals surface area contributed by atoms with Crippen molar-refractivity contribution in [1.29, 1.82) is 0 Å². The molecule has 0 spiro atoms. The highest BCUT2D eigenvalue weighted by atomic mass is 32.2. The number of likely N-dealkylation sites (tertiary alicyclic amines) is 1. The fourth-order valence-electron chi connectivity index (χ4n) is 3.70. The van der Waals surface area contributed by atoms with Crippen LogP contribution in [0, 0.1) is 11.8 Å². The molecule has 2 aliphatic heterocycles.